The van der Waals surface area contributed by atoms with Gasteiger partial charge in [-0.05, 0) is 48.8 Å². The first-order valence-electron chi connectivity index (χ1n) is 7.27. The van der Waals surface area contributed by atoms with E-state index < -0.39 is 0 Å². The molecular formula is C16H23NO. The molecule has 0 aromatic heterocycles. The normalized spacial score (nSPS) is 27.6. The Kier molecular flexibility index (Phi) is 3.67. The Morgan fingerprint density at radius 2 is 2.28 bits per heavy atom. The highest BCUT2D eigenvalue weighted by atomic mass is 16.5. The van der Waals surface area contributed by atoms with Gasteiger partial charge in [0.25, 0.3) is 0 Å². The van der Waals surface area contributed by atoms with Gasteiger partial charge in [-0.2, -0.15) is 0 Å². The molecule has 3 rings (SSSR count). The van der Waals surface area contributed by atoms with Crippen LogP contribution in [0.15, 0.2) is 24.3 Å². The highest BCUT2D eigenvalue weighted by Gasteiger charge is 2.32. The summed E-state index contributed by atoms with van der Waals surface area (Å²) in [6.45, 7) is 5.17. The average Bonchev–Trinajstić information content (AvgIpc) is 2.88. The van der Waals surface area contributed by atoms with Gasteiger partial charge in [0.2, 0.25) is 0 Å². The highest BCUT2D eigenvalue weighted by molar-refractivity contribution is 5.39. The minimum Gasteiger partial charge on any atom is -0.381 e. The third-order valence-corrected chi connectivity index (χ3v) is 4.50. The quantitative estimate of drug-likeness (QED) is 0.861. The molecule has 2 nitrogen and oxygen atoms in total. The molecule has 1 aliphatic carbocycles. The predicted octanol–water partition coefficient (Wildman–Crippen LogP) is 2.73. The summed E-state index contributed by atoms with van der Waals surface area (Å²) in [6.07, 6.45) is 3.77. The van der Waals surface area contributed by atoms with Gasteiger partial charge in [-0.3, -0.25) is 0 Å². The Morgan fingerprint density at radius 1 is 1.39 bits per heavy atom. The summed E-state index contributed by atoms with van der Waals surface area (Å²) in [6, 6.07) is 9.54. The molecule has 0 bridgehead atoms. The molecule has 2 aliphatic rings. The zero-order valence-electron chi connectivity index (χ0n) is 11.2. The molecule has 1 saturated heterocycles. The van der Waals surface area contributed by atoms with Gasteiger partial charge in [0.05, 0.1) is 6.61 Å². The van der Waals surface area contributed by atoms with Gasteiger partial charge in [-0.15, -0.1) is 0 Å². The fourth-order valence-electron chi connectivity index (χ4n) is 3.45. The second-order valence-electron chi connectivity index (χ2n) is 5.62. The monoisotopic (exact) mass is 245 g/mol. The molecule has 1 aromatic rings. The molecule has 1 N–H and O–H groups in total. The summed E-state index contributed by atoms with van der Waals surface area (Å²) >= 11 is 0. The van der Waals surface area contributed by atoms with Crippen molar-refractivity contribution in [3.8, 4) is 0 Å². The van der Waals surface area contributed by atoms with E-state index in [1.54, 1.807) is 11.1 Å². The molecule has 2 heteroatoms. The van der Waals surface area contributed by atoms with Gasteiger partial charge >= 0.3 is 0 Å². The van der Waals surface area contributed by atoms with Gasteiger partial charge in [0.15, 0.2) is 0 Å². The minimum absolute atomic E-state index is 0.635. The number of fused-ring (bicyclic) bond motifs is 1. The third-order valence-electron chi connectivity index (χ3n) is 4.50. The zero-order valence-corrected chi connectivity index (χ0v) is 11.2. The first-order chi connectivity index (χ1) is 8.88. The van der Waals surface area contributed by atoms with Crippen LogP contribution < -0.4 is 5.32 Å². The number of rotatable bonds is 5. The van der Waals surface area contributed by atoms with E-state index in [9.17, 15) is 0 Å². The molecule has 3 unspecified atom stereocenters. The number of hydrogen-bond donors (Lipinski definition) is 1. The van der Waals surface area contributed by atoms with E-state index >= 15 is 0 Å². The van der Waals surface area contributed by atoms with E-state index in [0.717, 1.165) is 31.6 Å². The maximum absolute atomic E-state index is 5.55. The number of benzene rings is 1. The zero-order chi connectivity index (χ0) is 12.4. The van der Waals surface area contributed by atoms with Crippen molar-refractivity contribution >= 4 is 0 Å². The average molecular weight is 245 g/mol. The molecule has 18 heavy (non-hydrogen) atoms. The Labute approximate surface area is 110 Å². The van der Waals surface area contributed by atoms with Crippen molar-refractivity contribution in [2.75, 3.05) is 19.8 Å². The number of ether oxygens (including phenoxy) is 1. The Morgan fingerprint density at radius 3 is 3.00 bits per heavy atom. The maximum atomic E-state index is 5.55. The van der Waals surface area contributed by atoms with Crippen molar-refractivity contribution in [3.05, 3.63) is 35.4 Å². The molecular weight excluding hydrogens is 222 g/mol. The molecule has 1 fully saturated rings. The lowest BCUT2D eigenvalue weighted by molar-refractivity contribution is 0.173. The van der Waals surface area contributed by atoms with Crippen LogP contribution in [0.2, 0.25) is 0 Å². The van der Waals surface area contributed by atoms with E-state index in [-0.39, 0.29) is 0 Å². The van der Waals surface area contributed by atoms with Crippen LogP contribution in [-0.2, 0) is 11.2 Å². The molecule has 0 saturated carbocycles. The van der Waals surface area contributed by atoms with Gasteiger partial charge < -0.3 is 10.1 Å². The lowest BCUT2D eigenvalue weighted by Gasteiger charge is -2.35. The van der Waals surface area contributed by atoms with Crippen molar-refractivity contribution in [2.24, 2.45) is 5.92 Å². The van der Waals surface area contributed by atoms with Crippen LogP contribution in [-0.4, -0.2) is 25.8 Å². The van der Waals surface area contributed by atoms with Crippen molar-refractivity contribution in [1.29, 1.82) is 0 Å². The minimum atomic E-state index is 0.635. The number of nitrogens with one attached hydrogen (secondary N) is 1. The summed E-state index contributed by atoms with van der Waals surface area (Å²) in [5.41, 5.74) is 3.14. The van der Waals surface area contributed by atoms with Crippen molar-refractivity contribution < 1.29 is 4.74 Å². The lowest BCUT2D eigenvalue weighted by Crippen LogP contribution is -2.39. The first kappa shape index (κ1) is 12.2. The van der Waals surface area contributed by atoms with Crippen LogP contribution in [0, 0.1) is 5.92 Å². The molecule has 3 atom stereocenters. The van der Waals surface area contributed by atoms with Crippen LogP contribution in [0.5, 0.6) is 0 Å². The Bertz CT molecular complexity index is 398. The van der Waals surface area contributed by atoms with Gasteiger partial charge in [0, 0.05) is 12.6 Å². The van der Waals surface area contributed by atoms with Gasteiger partial charge in [-0.1, -0.05) is 31.2 Å². The lowest BCUT2D eigenvalue weighted by atomic mass is 9.73. The summed E-state index contributed by atoms with van der Waals surface area (Å²) in [5.74, 6) is 1.49. The Hall–Kier alpha value is -0.860. The van der Waals surface area contributed by atoms with Crippen molar-refractivity contribution in [1.82, 2.24) is 5.32 Å². The summed E-state index contributed by atoms with van der Waals surface area (Å²) in [4.78, 5) is 0. The molecule has 0 amide bonds. The van der Waals surface area contributed by atoms with Crippen LogP contribution >= 0.6 is 0 Å². The molecule has 1 aliphatic heterocycles. The van der Waals surface area contributed by atoms with E-state index in [2.05, 4.69) is 36.5 Å². The SMILES string of the molecule is CCNC(CC1Cc2ccccc21)C1CCOC1. The fourth-order valence-corrected chi connectivity index (χ4v) is 3.45. The van der Waals surface area contributed by atoms with Crippen molar-refractivity contribution in [3.63, 3.8) is 0 Å². The maximum Gasteiger partial charge on any atom is 0.0510 e. The molecule has 0 radical (unpaired) electrons. The number of hydrogen-bond acceptors (Lipinski definition) is 2. The highest BCUT2D eigenvalue weighted by Crippen LogP contribution is 2.39. The molecule has 0 spiro atoms. The van der Waals surface area contributed by atoms with Gasteiger partial charge in [-0.25, -0.2) is 0 Å². The Balaban J connectivity index is 1.63. The largest absolute Gasteiger partial charge is 0.381 e. The van der Waals surface area contributed by atoms with E-state index in [0.29, 0.717) is 6.04 Å². The van der Waals surface area contributed by atoms with E-state index in [1.807, 2.05) is 0 Å². The van der Waals surface area contributed by atoms with Crippen LogP contribution in [0.25, 0.3) is 0 Å². The third kappa shape index (κ3) is 2.32. The smallest absolute Gasteiger partial charge is 0.0510 e. The van der Waals surface area contributed by atoms with Crippen LogP contribution in [0.4, 0.5) is 0 Å². The van der Waals surface area contributed by atoms with E-state index in [1.165, 1.54) is 19.3 Å². The van der Waals surface area contributed by atoms with Gasteiger partial charge in [0.1, 0.15) is 0 Å². The summed E-state index contributed by atoms with van der Waals surface area (Å²) in [7, 11) is 0. The topological polar surface area (TPSA) is 21.3 Å². The van der Waals surface area contributed by atoms with Crippen LogP contribution in [0.1, 0.15) is 36.8 Å². The second-order valence-corrected chi connectivity index (χ2v) is 5.62. The summed E-state index contributed by atoms with van der Waals surface area (Å²) in [5, 5.41) is 3.67. The molecule has 1 heterocycles. The standard InChI is InChI=1S/C16H23NO/c1-2-17-16(13-7-8-18-11-13)10-14-9-12-5-3-4-6-15(12)14/h3-6,13-14,16-17H,2,7-11H2,1H3. The predicted molar refractivity (Wildman–Crippen MR) is 73.9 cm³/mol. The second kappa shape index (κ2) is 5.41. The fraction of sp³-hybridized carbons (Fsp3) is 0.625. The summed E-state index contributed by atoms with van der Waals surface area (Å²) < 4.78 is 5.55. The van der Waals surface area contributed by atoms with Crippen molar-refractivity contribution in [2.45, 2.75) is 38.1 Å². The molecule has 98 valence electrons. The van der Waals surface area contributed by atoms with E-state index in [4.69, 9.17) is 4.74 Å². The first-order valence-corrected chi connectivity index (χ1v) is 7.27. The molecule has 1 aromatic carbocycles. The van der Waals surface area contributed by atoms with Crippen LogP contribution in [0.3, 0.4) is 0 Å².